The van der Waals surface area contributed by atoms with Gasteiger partial charge in [0.25, 0.3) is 23.6 Å². The Balaban J connectivity index is 5.92. The first-order chi connectivity index (χ1) is 40.5. The summed E-state index contributed by atoms with van der Waals surface area (Å²) in [7, 11) is 8.84. The first kappa shape index (κ1) is 81.6. The second kappa shape index (κ2) is 57.1. The van der Waals surface area contributed by atoms with Gasteiger partial charge in [0.05, 0.1) is 0 Å². The van der Waals surface area contributed by atoms with E-state index in [1.54, 1.807) is 57.6 Å². The second-order valence-corrected chi connectivity index (χ2v) is 25.7. The Morgan fingerprint density at radius 2 is 0.393 bits per heavy atom. The third-order valence-electron chi connectivity index (χ3n) is 17.4. The van der Waals surface area contributed by atoms with E-state index in [9.17, 15) is 39.6 Å². The molecular weight excluding hydrogens is 1050 g/mol. The lowest BCUT2D eigenvalue weighted by Gasteiger charge is -2.32. The van der Waals surface area contributed by atoms with Crippen LogP contribution >= 0.6 is 0 Å². The minimum absolute atomic E-state index is 0.0600. The Morgan fingerprint density at radius 1 is 0.238 bits per heavy atom. The van der Waals surface area contributed by atoms with Crippen molar-refractivity contribution in [1.82, 2.24) is 34.3 Å². The van der Waals surface area contributed by atoms with Crippen molar-refractivity contribution >= 4 is 23.6 Å². The van der Waals surface area contributed by atoms with Crippen LogP contribution in [0.1, 0.15) is 285 Å². The molecule has 0 heterocycles. The molecule has 84 heavy (non-hydrogen) atoms. The highest BCUT2D eigenvalue weighted by molar-refractivity contribution is 5.82. The van der Waals surface area contributed by atoms with Crippen LogP contribution in [0.3, 0.4) is 0 Å². The Hall–Kier alpha value is -2.40. The van der Waals surface area contributed by atoms with Crippen molar-refractivity contribution in [2.75, 3.05) is 114 Å². The standard InChI is InChI=1S/C69H139N7O8/c1-10-14-18-22-26-30-34-38-42-46-50-71(6)66(81)62(77)58-75(59-63(78)67(82)72(7)51-47-43-39-35-31-27-23-19-15-11-2)56-54-70(5)55-57-76(60-64(79)68(83)73(8)52-48-44-40-36-32-28-24-20-16-12-3)61-65(80)69(84)74(9)53-49-45-41-37-33-29-25-21-17-13-4/h62-65,77-80H,10-61H2,1-9H3. The van der Waals surface area contributed by atoms with Crippen LogP contribution in [0.5, 0.6) is 0 Å². The minimum atomic E-state index is -1.35. The topological polar surface area (TPSA) is 172 Å². The van der Waals surface area contributed by atoms with Gasteiger partial charge in [-0.05, 0) is 32.7 Å². The van der Waals surface area contributed by atoms with Crippen molar-refractivity contribution in [3.63, 3.8) is 0 Å². The number of nitrogens with zero attached hydrogens (tertiary/aromatic N) is 7. The Kier molecular flexibility index (Phi) is 55.4. The molecule has 4 unspecified atom stereocenters. The maximum atomic E-state index is 13.6. The molecule has 4 atom stereocenters. The highest BCUT2D eigenvalue weighted by Gasteiger charge is 2.29. The molecule has 4 N–H and O–H groups in total. The van der Waals surface area contributed by atoms with Gasteiger partial charge < -0.3 is 44.9 Å². The van der Waals surface area contributed by atoms with Gasteiger partial charge in [0.2, 0.25) is 0 Å². The number of aliphatic hydroxyl groups excluding tert-OH is 4. The number of carbonyl (C=O) groups excluding carboxylic acids is 4. The highest BCUT2D eigenvalue weighted by atomic mass is 16.3. The normalized spacial score (nSPS) is 13.2. The quantitative estimate of drug-likeness (QED) is 0.0427. The molecular formula is C69H139N7O8. The number of unbranched alkanes of at least 4 members (excludes halogenated alkanes) is 36. The van der Waals surface area contributed by atoms with E-state index in [4.69, 9.17) is 0 Å². The zero-order valence-corrected chi connectivity index (χ0v) is 56.6. The number of hydrogen-bond donors (Lipinski definition) is 4. The molecule has 498 valence electrons. The molecule has 15 heteroatoms. The Bertz CT molecular complexity index is 1320. The maximum Gasteiger partial charge on any atom is 0.252 e. The van der Waals surface area contributed by atoms with Crippen LogP contribution in [0.25, 0.3) is 0 Å². The van der Waals surface area contributed by atoms with Crippen LogP contribution in [0.15, 0.2) is 0 Å². The summed E-state index contributed by atoms with van der Waals surface area (Å²) < 4.78 is 0. The monoisotopic (exact) mass is 1190 g/mol. The van der Waals surface area contributed by atoms with Crippen LogP contribution < -0.4 is 0 Å². The number of aliphatic hydroxyl groups is 4. The number of rotatable bonds is 62. The molecule has 0 spiro atoms. The van der Waals surface area contributed by atoms with Crippen LogP contribution in [0.4, 0.5) is 0 Å². The zero-order valence-electron chi connectivity index (χ0n) is 56.6. The molecule has 15 nitrogen and oxygen atoms in total. The van der Waals surface area contributed by atoms with Gasteiger partial charge >= 0.3 is 0 Å². The third-order valence-corrected chi connectivity index (χ3v) is 17.4. The fraction of sp³-hybridized carbons (Fsp3) is 0.942. The van der Waals surface area contributed by atoms with E-state index in [0.717, 1.165) is 77.0 Å². The number of carbonyl (C=O) groups is 4. The summed E-state index contributed by atoms with van der Waals surface area (Å²) in [6, 6.07) is 0. The number of hydrogen-bond acceptors (Lipinski definition) is 11. The summed E-state index contributed by atoms with van der Waals surface area (Å²) in [4.78, 5) is 66.5. The van der Waals surface area contributed by atoms with E-state index >= 15 is 0 Å². The van der Waals surface area contributed by atoms with Gasteiger partial charge in [0.15, 0.2) is 0 Å². The first-order valence-corrected chi connectivity index (χ1v) is 35.4. The summed E-state index contributed by atoms with van der Waals surface area (Å²) in [6.45, 7) is 12.4. The van der Waals surface area contributed by atoms with E-state index in [0.29, 0.717) is 52.4 Å². The molecule has 0 aromatic carbocycles. The summed E-state index contributed by atoms with van der Waals surface area (Å²) in [6.07, 6.45) is 42.2. The second-order valence-electron chi connectivity index (χ2n) is 25.7. The Labute approximate surface area is 518 Å². The van der Waals surface area contributed by atoms with Crippen molar-refractivity contribution in [1.29, 1.82) is 0 Å². The van der Waals surface area contributed by atoms with Crippen molar-refractivity contribution < 1.29 is 39.6 Å². The smallest absolute Gasteiger partial charge is 0.252 e. The first-order valence-electron chi connectivity index (χ1n) is 35.4. The van der Waals surface area contributed by atoms with Gasteiger partial charge in [0, 0.05) is 107 Å². The summed E-state index contributed by atoms with van der Waals surface area (Å²) in [5.74, 6) is -1.54. The van der Waals surface area contributed by atoms with Crippen molar-refractivity contribution in [2.45, 2.75) is 309 Å². The summed E-state index contributed by atoms with van der Waals surface area (Å²) >= 11 is 0. The van der Waals surface area contributed by atoms with Crippen LogP contribution in [-0.2, 0) is 19.2 Å². The summed E-state index contributed by atoms with van der Waals surface area (Å²) in [5.41, 5.74) is 0. The lowest BCUT2D eigenvalue weighted by molar-refractivity contribution is -0.143. The lowest BCUT2D eigenvalue weighted by Crippen LogP contribution is -2.51. The molecule has 0 saturated carbocycles. The predicted molar refractivity (Wildman–Crippen MR) is 352 cm³/mol. The highest BCUT2D eigenvalue weighted by Crippen LogP contribution is 2.16. The molecule has 0 fully saturated rings. The molecule has 0 radical (unpaired) electrons. The lowest BCUT2D eigenvalue weighted by atomic mass is 10.1. The molecule has 4 amide bonds. The maximum absolute atomic E-state index is 13.6. The van der Waals surface area contributed by atoms with Gasteiger partial charge in [-0.1, -0.05) is 259 Å². The molecule has 0 aliphatic carbocycles. The van der Waals surface area contributed by atoms with Crippen LogP contribution in [0, 0.1) is 0 Å². The Morgan fingerprint density at radius 3 is 0.560 bits per heavy atom. The number of amides is 4. The fourth-order valence-corrected chi connectivity index (χ4v) is 11.3. The van der Waals surface area contributed by atoms with Crippen molar-refractivity contribution in [3.8, 4) is 0 Å². The van der Waals surface area contributed by atoms with Crippen LogP contribution in [-0.4, -0.2) is 217 Å². The molecule has 0 aromatic heterocycles. The molecule has 0 aromatic rings. The third kappa shape index (κ3) is 45.8. The van der Waals surface area contributed by atoms with E-state index in [2.05, 4.69) is 27.7 Å². The molecule has 0 aliphatic heterocycles. The molecule has 0 bridgehead atoms. The largest absolute Gasteiger partial charge is 0.382 e. The van der Waals surface area contributed by atoms with E-state index in [-0.39, 0.29) is 49.8 Å². The molecule has 0 saturated heterocycles. The van der Waals surface area contributed by atoms with Crippen molar-refractivity contribution in [3.05, 3.63) is 0 Å². The van der Waals surface area contributed by atoms with Crippen molar-refractivity contribution in [2.24, 2.45) is 0 Å². The summed E-state index contributed by atoms with van der Waals surface area (Å²) in [5, 5.41) is 45.7. The fourth-order valence-electron chi connectivity index (χ4n) is 11.3. The van der Waals surface area contributed by atoms with Gasteiger partial charge in [-0.2, -0.15) is 0 Å². The van der Waals surface area contributed by atoms with E-state index < -0.39 is 24.4 Å². The molecule has 0 rings (SSSR count). The van der Waals surface area contributed by atoms with Gasteiger partial charge in [-0.15, -0.1) is 0 Å². The SMILES string of the molecule is CCCCCCCCCCCCN(C)C(=O)C(O)CN(CCN(C)CCN(CC(O)C(=O)N(C)CCCCCCCCCCCC)CC(O)C(=O)N(C)CCCCCCCCCCCC)CC(O)C(=O)N(C)CCCCCCCCCCCC. The van der Waals surface area contributed by atoms with E-state index in [1.165, 1.54) is 180 Å². The number of likely N-dealkylation sites (N-methyl/N-ethyl adjacent to an activating group) is 5. The minimum Gasteiger partial charge on any atom is -0.382 e. The van der Waals surface area contributed by atoms with Crippen LogP contribution in [0.2, 0.25) is 0 Å². The van der Waals surface area contributed by atoms with Gasteiger partial charge in [0.1, 0.15) is 24.4 Å². The van der Waals surface area contributed by atoms with E-state index in [1.807, 2.05) is 11.9 Å². The predicted octanol–water partition coefficient (Wildman–Crippen LogP) is 12.5. The molecule has 0 aliphatic rings. The van der Waals surface area contributed by atoms with Gasteiger partial charge in [-0.3, -0.25) is 29.0 Å². The van der Waals surface area contributed by atoms with Gasteiger partial charge in [-0.25, -0.2) is 0 Å². The average molecular weight is 1190 g/mol. The zero-order chi connectivity index (χ0) is 62.4. The average Bonchev–Trinajstić information content (AvgIpc) is 3.63.